The molecule has 3 aliphatic rings. The third-order valence-corrected chi connectivity index (χ3v) is 8.90. The molecule has 1 saturated carbocycles. The van der Waals surface area contributed by atoms with Gasteiger partial charge in [0.25, 0.3) is 11.8 Å². The lowest BCUT2D eigenvalue weighted by Crippen LogP contribution is -2.55. The molecule has 1 aromatic carbocycles. The number of piperidine rings is 1. The van der Waals surface area contributed by atoms with Crippen LogP contribution in [0.4, 0.5) is 36.7 Å². The molecule has 1 aliphatic carbocycles. The van der Waals surface area contributed by atoms with Crippen molar-refractivity contribution in [1.82, 2.24) is 20.2 Å². The third-order valence-electron chi connectivity index (χ3n) is 8.90. The predicted octanol–water partition coefficient (Wildman–Crippen LogP) is 5.26. The first-order chi connectivity index (χ1) is 21.0. The Morgan fingerprint density at radius 3 is 2.40 bits per heavy atom. The molecule has 1 spiro atoms. The number of carbonyl (C=O) groups is 3. The predicted molar refractivity (Wildman–Crippen MR) is 167 cm³/mol. The molecule has 2 fully saturated rings. The molecule has 0 bridgehead atoms. The average molecular weight is 628 g/mol. The number of anilines is 4. The van der Waals surface area contributed by atoms with Gasteiger partial charge >= 0.3 is 12.0 Å². The number of carbonyl (C=O) groups excluding carboxylic acids is 3. The zero-order valence-electron chi connectivity index (χ0n) is 27.0. The smallest absolute Gasteiger partial charge is 0.410 e. The van der Waals surface area contributed by atoms with E-state index in [9.17, 15) is 23.2 Å². The maximum absolute atomic E-state index is 14.6. The summed E-state index contributed by atoms with van der Waals surface area (Å²) >= 11 is 0. The minimum atomic E-state index is -3.57. The summed E-state index contributed by atoms with van der Waals surface area (Å²) in [5, 5.41) is 6.28. The monoisotopic (exact) mass is 627 g/mol. The SMILES string of the molecule is Cc1cc(C(=O)NC2CC3(CCN(C(=O)OC(C)(C)C)CC3)C2)ccc1Nc1ncc2c(n1)N(C(C)C)CC(F)(F)C(=O)N2C. The zero-order valence-corrected chi connectivity index (χ0v) is 27.0. The number of amides is 3. The normalized spacial score (nSPS) is 19.6. The van der Waals surface area contributed by atoms with Crippen molar-refractivity contribution >= 4 is 41.0 Å². The molecule has 1 aromatic heterocycles. The first-order valence-electron chi connectivity index (χ1n) is 15.4. The highest BCUT2D eigenvalue weighted by atomic mass is 19.3. The summed E-state index contributed by atoms with van der Waals surface area (Å²) in [5.41, 5.74) is 1.79. The molecule has 244 valence electrons. The number of nitrogens with zero attached hydrogens (tertiary/aromatic N) is 5. The largest absolute Gasteiger partial charge is 0.444 e. The van der Waals surface area contributed by atoms with Crippen molar-refractivity contribution < 1.29 is 27.9 Å². The number of halogens is 2. The zero-order chi connectivity index (χ0) is 32.9. The highest BCUT2D eigenvalue weighted by Crippen LogP contribution is 2.49. The highest BCUT2D eigenvalue weighted by molar-refractivity contribution is 6.02. The van der Waals surface area contributed by atoms with Crippen molar-refractivity contribution in [1.29, 1.82) is 0 Å². The van der Waals surface area contributed by atoms with Gasteiger partial charge in [0, 0.05) is 43.5 Å². The minimum Gasteiger partial charge on any atom is -0.444 e. The molecule has 0 atom stereocenters. The van der Waals surface area contributed by atoms with Gasteiger partial charge in [-0.05, 0) is 96.4 Å². The number of benzene rings is 1. The van der Waals surface area contributed by atoms with Crippen LogP contribution in [0, 0.1) is 12.3 Å². The number of rotatable bonds is 5. The Morgan fingerprint density at radius 2 is 1.80 bits per heavy atom. The third kappa shape index (κ3) is 6.81. The fourth-order valence-corrected chi connectivity index (χ4v) is 6.33. The molecular weight excluding hydrogens is 584 g/mol. The van der Waals surface area contributed by atoms with E-state index in [-0.39, 0.29) is 47.0 Å². The number of nitrogens with one attached hydrogen (secondary N) is 2. The van der Waals surface area contributed by atoms with Gasteiger partial charge in [-0.15, -0.1) is 0 Å². The Morgan fingerprint density at radius 1 is 1.13 bits per heavy atom. The maximum Gasteiger partial charge on any atom is 0.410 e. The van der Waals surface area contributed by atoms with Crippen LogP contribution in [0.15, 0.2) is 24.4 Å². The Kier molecular flexibility index (Phi) is 8.43. The summed E-state index contributed by atoms with van der Waals surface area (Å²) in [5.74, 6) is -4.61. The topological polar surface area (TPSA) is 120 Å². The minimum absolute atomic E-state index is 0.0814. The number of aromatic nitrogens is 2. The summed E-state index contributed by atoms with van der Waals surface area (Å²) in [6, 6.07) is 5.00. The molecule has 2 aliphatic heterocycles. The van der Waals surface area contributed by atoms with Crippen LogP contribution in [0.1, 0.15) is 76.2 Å². The van der Waals surface area contributed by atoms with Gasteiger partial charge in [-0.25, -0.2) is 9.78 Å². The Hall–Kier alpha value is -4.03. The second-order valence-electron chi connectivity index (χ2n) is 13.9. The quantitative estimate of drug-likeness (QED) is 0.461. The molecule has 2 aromatic rings. The molecule has 1 saturated heterocycles. The lowest BCUT2D eigenvalue weighted by atomic mass is 9.60. The van der Waals surface area contributed by atoms with E-state index in [1.165, 1.54) is 18.1 Å². The van der Waals surface area contributed by atoms with Crippen molar-refractivity contribution in [2.45, 2.75) is 90.8 Å². The summed E-state index contributed by atoms with van der Waals surface area (Å²) in [6.45, 7) is 11.5. The molecular formula is C32H43F2N7O4. The maximum atomic E-state index is 14.6. The van der Waals surface area contributed by atoms with E-state index in [4.69, 9.17) is 4.74 Å². The van der Waals surface area contributed by atoms with Gasteiger partial charge in [0.1, 0.15) is 11.3 Å². The molecule has 5 rings (SSSR count). The Labute approximate surface area is 262 Å². The van der Waals surface area contributed by atoms with Crippen LogP contribution in [0.5, 0.6) is 0 Å². The van der Waals surface area contributed by atoms with E-state index in [2.05, 4.69) is 20.6 Å². The number of likely N-dealkylation sites (tertiary alicyclic amines) is 1. The average Bonchev–Trinajstić information content (AvgIpc) is 3.01. The van der Waals surface area contributed by atoms with Crippen LogP contribution in [-0.2, 0) is 9.53 Å². The van der Waals surface area contributed by atoms with Crippen molar-refractivity contribution in [3.63, 3.8) is 0 Å². The van der Waals surface area contributed by atoms with Crippen LogP contribution < -0.4 is 20.4 Å². The Bertz CT molecular complexity index is 1480. The molecule has 13 heteroatoms. The van der Waals surface area contributed by atoms with Gasteiger partial charge in [0.15, 0.2) is 5.82 Å². The van der Waals surface area contributed by atoms with Gasteiger partial charge in [0.05, 0.1) is 12.7 Å². The molecule has 3 heterocycles. The fourth-order valence-electron chi connectivity index (χ4n) is 6.33. The number of ether oxygens (including phenoxy) is 1. The van der Waals surface area contributed by atoms with E-state index in [1.807, 2.05) is 27.7 Å². The van der Waals surface area contributed by atoms with Crippen molar-refractivity contribution in [2.75, 3.05) is 41.8 Å². The molecule has 45 heavy (non-hydrogen) atoms. The highest BCUT2D eigenvalue weighted by Gasteiger charge is 2.48. The fraction of sp³-hybridized carbons (Fsp3) is 0.594. The molecule has 2 N–H and O–H groups in total. The number of fused-ring (bicyclic) bond motifs is 1. The molecule has 3 amide bonds. The van der Waals surface area contributed by atoms with Gasteiger partial charge in [-0.2, -0.15) is 13.8 Å². The van der Waals surface area contributed by atoms with Gasteiger partial charge in [-0.1, -0.05) is 0 Å². The van der Waals surface area contributed by atoms with Crippen LogP contribution >= 0.6 is 0 Å². The van der Waals surface area contributed by atoms with Gasteiger partial charge < -0.3 is 30.1 Å². The van der Waals surface area contributed by atoms with Crippen LogP contribution in [0.3, 0.4) is 0 Å². The summed E-state index contributed by atoms with van der Waals surface area (Å²) in [4.78, 5) is 50.7. The number of hydrogen-bond acceptors (Lipinski definition) is 8. The van der Waals surface area contributed by atoms with E-state index >= 15 is 0 Å². The first kappa shape index (κ1) is 32.4. The summed E-state index contributed by atoms with van der Waals surface area (Å²) in [6.07, 6.45) is 4.66. The van der Waals surface area contributed by atoms with E-state index in [0.717, 1.165) is 36.1 Å². The standard InChI is InChI=1S/C32H43F2N7O4/c1-19(2)41-18-32(33,34)27(43)39(7)24-17-35-28(38-25(24)41)37-23-9-8-21(14-20(23)3)26(42)36-22-15-31(16-22)10-12-40(13-11-31)29(44)45-30(4,5)6/h8-9,14,17,19,22H,10-13,15-16,18H2,1-7H3,(H,36,42)(H,35,37,38). The van der Waals surface area contributed by atoms with E-state index < -0.39 is 24.0 Å². The molecule has 0 unspecified atom stereocenters. The second kappa shape index (κ2) is 11.7. The molecule has 11 nitrogen and oxygen atoms in total. The first-order valence-corrected chi connectivity index (χ1v) is 15.4. The van der Waals surface area contributed by atoms with Gasteiger partial charge in [-0.3, -0.25) is 9.59 Å². The van der Waals surface area contributed by atoms with Crippen molar-refractivity contribution in [2.24, 2.45) is 5.41 Å². The lowest BCUT2D eigenvalue weighted by Gasteiger charge is -2.52. The summed E-state index contributed by atoms with van der Waals surface area (Å²) in [7, 11) is 1.29. The van der Waals surface area contributed by atoms with Crippen LogP contribution in [-0.4, -0.2) is 83.1 Å². The van der Waals surface area contributed by atoms with Crippen molar-refractivity contribution in [3.05, 3.63) is 35.5 Å². The molecule has 0 radical (unpaired) electrons. The van der Waals surface area contributed by atoms with Crippen LogP contribution in [0.25, 0.3) is 0 Å². The lowest BCUT2D eigenvalue weighted by molar-refractivity contribution is -0.140. The van der Waals surface area contributed by atoms with Crippen LogP contribution in [0.2, 0.25) is 0 Å². The Balaban J connectivity index is 1.19. The second-order valence-corrected chi connectivity index (χ2v) is 13.9. The number of aryl methyl sites for hydroxylation is 1. The van der Waals surface area contributed by atoms with Gasteiger partial charge in [0.2, 0.25) is 5.95 Å². The van der Waals surface area contributed by atoms with E-state index in [1.54, 1.807) is 36.9 Å². The summed E-state index contributed by atoms with van der Waals surface area (Å²) < 4.78 is 34.8. The number of hydrogen-bond donors (Lipinski definition) is 2. The van der Waals surface area contributed by atoms with Crippen molar-refractivity contribution in [3.8, 4) is 0 Å². The number of alkyl halides is 2. The van der Waals surface area contributed by atoms with E-state index in [0.29, 0.717) is 24.3 Å².